The molecule has 1 saturated heterocycles. The Morgan fingerprint density at radius 3 is 2.30 bits per heavy atom. The van der Waals surface area contributed by atoms with Gasteiger partial charge in [-0.1, -0.05) is 12.2 Å². The number of rotatable bonds is 4. The van der Waals surface area contributed by atoms with Gasteiger partial charge in [0.1, 0.15) is 5.82 Å². The molecule has 0 radical (unpaired) electrons. The summed E-state index contributed by atoms with van der Waals surface area (Å²) in [5, 5.41) is 2.90. The van der Waals surface area contributed by atoms with Gasteiger partial charge in [0.25, 0.3) is 0 Å². The maximum Gasteiger partial charge on any atom is 0.233 e. The number of halogens is 1. The highest BCUT2D eigenvalue weighted by atomic mass is 19.1. The molecule has 1 aromatic carbocycles. The Hall–Kier alpha value is -3.36. The summed E-state index contributed by atoms with van der Waals surface area (Å²) >= 11 is 0. The summed E-state index contributed by atoms with van der Waals surface area (Å²) in [5.41, 5.74) is 6.31. The van der Waals surface area contributed by atoms with Crippen LogP contribution in [0.3, 0.4) is 0 Å². The number of nitrogen functional groups attached to an aromatic ring is 1. The number of fused-ring (bicyclic) bond motifs is 1. The molecule has 0 saturated carbocycles. The number of anilines is 3. The van der Waals surface area contributed by atoms with Crippen LogP contribution < -0.4 is 11.1 Å². The van der Waals surface area contributed by atoms with E-state index in [0.29, 0.717) is 18.5 Å². The summed E-state index contributed by atoms with van der Waals surface area (Å²) in [6.07, 6.45) is 5.01. The first kappa shape index (κ1) is 17.1. The van der Waals surface area contributed by atoms with Crippen LogP contribution in [0.25, 0.3) is 0 Å². The Morgan fingerprint density at radius 2 is 1.67 bits per heavy atom. The fourth-order valence-electron chi connectivity index (χ4n) is 3.39. The number of amides is 2. The Morgan fingerprint density at radius 1 is 1.04 bits per heavy atom. The van der Waals surface area contributed by atoms with Crippen LogP contribution in [0.1, 0.15) is 18.7 Å². The molecule has 2 aromatic rings. The normalized spacial score (nSPS) is 21.4. The topological polar surface area (TPSA) is 114 Å². The molecule has 0 unspecified atom stereocenters. The van der Waals surface area contributed by atoms with Crippen molar-refractivity contribution in [3.05, 3.63) is 48.1 Å². The molecule has 4 rings (SSSR count). The van der Waals surface area contributed by atoms with Crippen LogP contribution in [0, 0.1) is 17.7 Å². The molecule has 8 nitrogen and oxygen atoms in total. The lowest BCUT2D eigenvalue weighted by molar-refractivity contribution is -0.140. The first-order chi connectivity index (χ1) is 13.0. The van der Waals surface area contributed by atoms with Gasteiger partial charge in [-0.2, -0.15) is 15.0 Å². The number of nitrogens with one attached hydrogen (secondary N) is 1. The minimum absolute atomic E-state index is 0.0391. The number of imide groups is 1. The zero-order valence-corrected chi connectivity index (χ0v) is 14.3. The third kappa shape index (κ3) is 3.35. The Kier molecular flexibility index (Phi) is 4.27. The highest BCUT2D eigenvalue weighted by Gasteiger charge is 2.47. The summed E-state index contributed by atoms with van der Waals surface area (Å²) in [4.78, 5) is 38.6. The van der Waals surface area contributed by atoms with Crippen molar-refractivity contribution >= 4 is 29.4 Å². The maximum absolute atomic E-state index is 13.0. The number of hydrogen-bond donors (Lipinski definition) is 2. The molecule has 0 bridgehead atoms. The summed E-state index contributed by atoms with van der Waals surface area (Å²) in [6, 6.07) is 5.65. The van der Waals surface area contributed by atoms with Crippen molar-refractivity contribution in [2.45, 2.75) is 19.4 Å². The largest absolute Gasteiger partial charge is 0.368 e. The van der Waals surface area contributed by atoms with Gasteiger partial charge in [-0.05, 0) is 37.1 Å². The fraction of sp³-hybridized carbons (Fsp3) is 0.278. The van der Waals surface area contributed by atoms with Crippen LogP contribution in [0.4, 0.5) is 22.0 Å². The number of benzene rings is 1. The van der Waals surface area contributed by atoms with E-state index in [2.05, 4.69) is 20.3 Å². The van der Waals surface area contributed by atoms with Gasteiger partial charge in [0.15, 0.2) is 5.82 Å². The Balaban J connectivity index is 1.54. The van der Waals surface area contributed by atoms with Crippen LogP contribution in [0.5, 0.6) is 0 Å². The van der Waals surface area contributed by atoms with Gasteiger partial charge in [0.2, 0.25) is 23.7 Å². The number of nitrogens with two attached hydrogens (primary N) is 1. The first-order valence-electron chi connectivity index (χ1n) is 8.54. The summed E-state index contributed by atoms with van der Waals surface area (Å²) in [7, 11) is 0. The maximum atomic E-state index is 13.0. The van der Waals surface area contributed by atoms with Crippen LogP contribution in [-0.4, -0.2) is 31.7 Å². The lowest BCUT2D eigenvalue weighted by atomic mass is 9.85. The van der Waals surface area contributed by atoms with Crippen molar-refractivity contribution in [1.82, 2.24) is 19.9 Å². The molecule has 2 atom stereocenters. The minimum Gasteiger partial charge on any atom is -0.368 e. The molecule has 1 aromatic heterocycles. The van der Waals surface area contributed by atoms with Crippen LogP contribution in [0.15, 0.2) is 36.4 Å². The molecule has 2 amide bonds. The number of aromatic nitrogens is 3. The summed E-state index contributed by atoms with van der Waals surface area (Å²) < 4.78 is 13.0. The average molecular weight is 368 g/mol. The van der Waals surface area contributed by atoms with E-state index in [0.717, 1.165) is 0 Å². The second-order valence-electron chi connectivity index (χ2n) is 6.48. The van der Waals surface area contributed by atoms with E-state index >= 15 is 0 Å². The van der Waals surface area contributed by atoms with Crippen molar-refractivity contribution in [3.8, 4) is 0 Å². The molecule has 1 aliphatic heterocycles. The Bertz CT molecular complexity index is 904. The molecule has 2 heterocycles. The van der Waals surface area contributed by atoms with Gasteiger partial charge in [0, 0.05) is 5.69 Å². The predicted octanol–water partition coefficient (Wildman–Crippen LogP) is 1.79. The molecule has 1 fully saturated rings. The van der Waals surface area contributed by atoms with Gasteiger partial charge in [-0.15, -0.1) is 0 Å². The van der Waals surface area contributed by atoms with E-state index in [9.17, 15) is 14.0 Å². The highest BCUT2D eigenvalue weighted by molar-refractivity contribution is 6.05. The molecule has 138 valence electrons. The molecule has 1 aliphatic carbocycles. The zero-order chi connectivity index (χ0) is 19.0. The van der Waals surface area contributed by atoms with Crippen molar-refractivity contribution < 1.29 is 14.0 Å². The van der Waals surface area contributed by atoms with Crippen LogP contribution in [-0.2, 0) is 16.1 Å². The van der Waals surface area contributed by atoms with Crippen molar-refractivity contribution in [1.29, 1.82) is 0 Å². The Labute approximate surface area is 154 Å². The number of allylic oxidation sites excluding steroid dienone is 2. The van der Waals surface area contributed by atoms with Gasteiger partial charge in [-0.25, -0.2) is 4.39 Å². The predicted molar refractivity (Wildman–Crippen MR) is 94.8 cm³/mol. The molecular weight excluding hydrogens is 351 g/mol. The minimum atomic E-state index is -0.363. The number of hydrogen-bond acceptors (Lipinski definition) is 7. The van der Waals surface area contributed by atoms with Crippen LogP contribution in [0.2, 0.25) is 0 Å². The first-order valence-corrected chi connectivity index (χ1v) is 8.54. The van der Waals surface area contributed by atoms with Crippen molar-refractivity contribution in [2.24, 2.45) is 11.8 Å². The highest BCUT2D eigenvalue weighted by Crippen LogP contribution is 2.35. The molecule has 0 spiro atoms. The van der Waals surface area contributed by atoms with E-state index in [1.54, 1.807) is 0 Å². The fourth-order valence-corrected chi connectivity index (χ4v) is 3.39. The quantitative estimate of drug-likeness (QED) is 0.624. The number of nitrogens with zero attached hydrogens (tertiary/aromatic N) is 4. The lowest BCUT2D eigenvalue weighted by Crippen LogP contribution is -2.31. The molecule has 27 heavy (non-hydrogen) atoms. The van der Waals surface area contributed by atoms with Crippen molar-refractivity contribution in [3.63, 3.8) is 0 Å². The van der Waals surface area contributed by atoms with E-state index in [-0.39, 0.29) is 53.7 Å². The van der Waals surface area contributed by atoms with E-state index in [1.165, 1.54) is 29.2 Å². The van der Waals surface area contributed by atoms with Gasteiger partial charge in [-0.3, -0.25) is 14.5 Å². The standard InChI is InChI=1S/C18H17FN6O2/c19-10-5-7-11(8-6-10)21-18-23-14(22-17(20)24-18)9-25-15(26)12-3-1-2-4-13(12)16(25)27/h1-2,5-8,12-13H,3-4,9H2,(H3,20,21,22,23,24)/t12-,13-/m0/s1. The molecule has 9 heteroatoms. The summed E-state index contributed by atoms with van der Waals surface area (Å²) in [5.74, 6) is -1.07. The third-order valence-corrected chi connectivity index (χ3v) is 4.70. The summed E-state index contributed by atoms with van der Waals surface area (Å²) in [6.45, 7) is -0.0600. The van der Waals surface area contributed by atoms with E-state index in [4.69, 9.17) is 5.73 Å². The van der Waals surface area contributed by atoms with Gasteiger partial charge < -0.3 is 11.1 Å². The third-order valence-electron chi connectivity index (χ3n) is 4.70. The van der Waals surface area contributed by atoms with Gasteiger partial charge >= 0.3 is 0 Å². The monoisotopic (exact) mass is 368 g/mol. The molecule has 2 aliphatic rings. The molecular formula is C18H17FN6O2. The number of carbonyl (C=O) groups is 2. The molecule has 3 N–H and O–H groups in total. The van der Waals surface area contributed by atoms with Crippen molar-refractivity contribution in [2.75, 3.05) is 11.1 Å². The van der Waals surface area contributed by atoms with Crippen LogP contribution >= 0.6 is 0 Å². The second-order valence-corrected chi connectivity index (χ2v) is 6.48. The SMILES string of the molecule is Nc1nc(CN2C(=O)[C@H]3CC=CC[C@@H]3C2=O)nc(Nc2ccc(F)cc2)n1. The second kappa shape index (κ2) is 6.75. The van der Waals surface area contributed by atoms with Gasteiger partial charge in [0.05, 0.1) is 18.4 Å². The number of likely N-dealkylation sites (tertiary alicyclic amines) is 1. The van der Waals surface area contributed by atoms with E-state index in [1.807, 2.05) is 12.2 Å². The van der Waals surface area contributed by atoms with E-state index < -0.39 is 0 Å². The lowest BCUT2D eigenvalue weighted by Gasteiger charge is -2.14. The smallest absolute Gasteiger partial charge is 0.233 e. The number of carbonyl (C=O) groups excluding carboxylic acids is 2. The zero-order valence-electron chi connectivity index (χ0n) is 14.3. The average Bonchev–Trinajstić information content (AvgIpc) is 2.89.